The van der Waals surface area contributed by atoms with Crippen molar-refractivity contribution in [1.82, 2.24) is 0 Å². The molecule has 188 valence electrons. The molecule has 0 aliphatic heterocycles. The molecular formula is C20H13F12PS. The molecule has 0 aliphatic carbocycles. The van der Waals surface area contributed by atoms with Crippen LogP contribution < -0.4 is 0 Å². The summed E-state index contributed by atoms with van der Waals surface area (Å²) in [5, 5.41) is 0. The molecule has 0 atom stereocenters. The minimum atomic E-state index is -10.7. The second-order valence-corrected chi connectivity index (χ2v) is 9.32. The molecule has 0 radical (unpaired) electrons. The third-order valence-corrected chi connectivity index (χ3v) is 4.52. The van der Waals surface area contributed by atoms with E-state index >= 15 is 0 Å². The molecule has 0 aromatic heterocycles. The standard InChI is InChI=1S/C20H12F6S.F6P/c21-19(22,23)15-6-1-12(2-7-15)14-5-10-18(27)17(11-14)13-3-8-16(9-4-13)20(24,25)26;1-7(2,3,4,5)6/h1-11,27H;/q;-1/p+1. The van der Waals surface area contributed by atoms with Gasteiger partial charge in [-0.15, -0.1) is 0 Å². The Balaban J connectivity index is 0.000000509. The Kier molecular flexibility index (Phi) is 6.85. The number of rotatable bonds is 2. The van der Waals surface area contributed by atoms with E-state index in [0.29, 0.717) is 27.1 Å². The second-order valence-electron chi connectivity index (χ2n) is 6.87. The van der Waals surface area contributed by atoms with E-state index in [1.54, 1.807) is 18.2 Å². The van der Waals surface area contributed by atoms with Gasteiger partial charge >= 0.3 is 45.3 Å². The Labute approximate surface area is 189 Å². The third-order valence-electron chi connectivity index (χ3n) is 4.09. The van der Waals surface area contributed by atoms with Crippen molar-refractivity contribution in [3.63, 3.8) is 0 Å². The van der Waals surface area contributed by atoms with Gasteiger partial charge in [0, 0.05) is 5.56 Å². The molecule has 0 aliphatic rings. The van der Waals surface area contributed by atoms with Gasteiger partial charge in [0.2, 0.25) is 0 Å². The van der Waals surface area contributed by atoms with E-state index in [1.165, 1.54) is 24.3 Å². The van der Waals surface area contributed by atoms with Gasteiger partial charge in [0.1, 0.15) is 0 Å². The Bertz CT molecular complexity index is 1130. The number of hydrogen-bond donors (Lipinski definition) is 0. The molecule has 0 saturated carbocycles. The number of benzene rings is 3. The first-order valence-corrected chi connectivity index (χ1v) is 11.3. The van der Waals surface area contributed by atoms with E-state index < -0.39 is 31.3 Å². The fourth-order valence-corrected chi connectivity index (χ4v) is 2.95. The van der Waals surface area contributed by atoms with Gasteiger partial charge in [-0.05, 0) is 71.8 Å². The van der Waals surface area contributed by atoms with Gasteiger partial charge in [-0.25, -0.2) is 0 Å². The Morgan fingerprint density at radius 3 is 1.18 bits per heavy atom. The molecule has 0 fully saturated rings. The van der Waals surface area contributed by atoms with Gasteiger partial charge in [-0.3, -0.25) is 0 Å². The van der Waals surface area contributed by atoms with Crippen LogP contribution in [0.2, 0.25) is 0 Å². The molecule has 0 unspecified atom stereocenters. The summed E-state index contributed by atoms with van der Waals surface area (Å²) >= 11 is 3.42. The molecule has 0 N–H and O–H groups in total. The molecule has 0 nitrogen and oxygen atoms in total. The summed E-state index contributed by atoms with van der Waals surface area (Å²) in [6, 6.07) is 14.6. The van der Waals surface area contributed by atoms with Crippen molar-refractivity contribution in [2.75, 3.05) is 0 Å². The van der Waals surface area contributed by atoms with Crippen LogP contribution >= 0.6 is 7.81 Å². The van der Waals surface area contributed by atoms with Gasteiger partial charge in [0.15, 0.2) is 4.90 Å². The van der Waals surface area contributed by atoms with Gasteiger partial charge in [-0.2, -0.15) is 26.3 Å². The molecule has 14 heteroatoms. The zero-order chi connectivity index (χ0) is 26.2. The number of alkyl halides is 6. The molecule has 0 heterocycles. The molecule has 0 amide bonds. The minimum absolute atomic E-state index is 0.557. The fourth-order valence-electron chi connectivity index (χ4n) is 2.65. The first-order chi connectivity index (χ1) is 15.0. The van der Waals surface area contributed by atoms with Crippen molar-refractivity contribution in [3.8, 4) is 22.3 Å². The van der Waals surface area contributed by atoms with Gasteiger partial charge in [0.05, 0.1) is 11.1 Å². The number of halogens is 12. The van der Waals surface area contributed by atoms with E-state index in [2.05, 4.69) is 12.6 Å². The molecule has 3 aromatic carbocycles. The second kappa shape index (κ2) is 8.37. The van der Waals surface area contributed by atoms with Crippen LogP contribution in [0, 0.1) is 0 Å². The Morgan fingerprint density at radius 1 is 0.500 bits per heavy atom. The number of hydrogen-bond acceptors (Lipinski definition) is 0. The molecule has 3 rings (SSSR count). The zero-order valence-corrected chi connectivity index (χ0v) is 18.2. The van der Waals surface area contributed by atoms with Crippen LogP contribution in [0.5, 0.6) is 0 Å². The maximum atomic E-state index is 12.7. The normalized spacial score (nSPS) is 14.5. The average Bonchev–Trinajstić information content (AvgIpc) is 2.65. The van der Waals surface area contributed by atoms with Gasteiger partial charge < -0.3 is 0 Å². The van der Waals surface area contributed by atoms with Crippen LogP contribution in [-0.2, 0) is 25.0 Å². The van der Waals surface area contributed by atoms with Gasteiger partial charge in [-0.1, -0.05) is 24.3 Å². The van der Waals surface area contributed by atoms with Crippen LogP contribution in [-0.4, -0.2) is 0 Å². The van der Waals surface area contributed by atoms with Crippen LogP contribution in [0.1, 0.15) is 11.1 Å². The summed E-state index contributed by atoms with van der Waals surface area (Å²) in [7, 11) is -10.7. The van der Waals surface area contributed by atoms with Crippen molar-refractivity contribution in [2.45, 2.75) is 17.2 Å². The summed E-state index contributed by atoms with van der Waals surface area (Å²) in [4.78, 5) is 0.658. The topological polar surface area (TPSA) is 0 Å². The summed E-state index contributed by atoms with van der Waals surface area (Å²) in [6.45, 7) is 0. The van der Waals surface area contributed by atoms with Crippen molar-refractivity contribution in [3.05, 3.63) is 77.9 Å². The molecule has 0 spiro atoms. The average molecular weight is 544 g/mol. The fraction of sp³-hybridized carbons (Fsp3) is 0.100. The summed E-state index contributed by atoms with van der Waals surface area (Å²) in [5.41, 5.74) is 0.926. The molecular weight excluding hydrogens is 531 g/mol. The first-order valence-electron chi connectivity index (χ1n) is 8.78. The predicted molar refractivity (Wildman–Crippen MR) is 109 cm³/mol. The predicted octanol–water partition coefficient (Wildman–Crippen LogP) is 9.81. The zero-order valence-electron chi connectivity index (χ0n) is 16.3. The quantitative estimate of drug-likeness (QED) is 0.171. The van der Waals surface area contributed by atoms with Crippen LogP contribution in [0.15, 0.2) is 71.6 Å². The molecule has 34 heavy (non-hydrogen) atoms. The van der Waals surface area contributed by atoms with E-state index in [9.17, 15) is 51.5 Å². The van der Waals surface area contributed by atoms with Crippen LogP contribution in [0.25, 0.3) is 22.3 Å². The summed E-state index contributed by atoms with van der Waals surface area (Å²) in [6.07, 6.45) is -8.83. The van der Waals surface area contributed by atoms with Crippen LogP contribution in [0.4, 0.5) is 51.5 Å². The third kappa shape index (κ3) is 9.46. The van der Waals surface area contributed by atoms with Crippen molar-refractivity contribution in [2.24, 2.45) is 0 Å². The maximum absolute atomic E-state index is 12.7. The summed E-state index contributed by atoms with van der Waals surface area (Å²) < 4.78 is 135. The van der Waals surface area contributed by atoms with Gasteiger partial charge in [0.25, 0.3) is 0 Å². The monoisotopic (exact) mass is 544 g/mol. The Hall–Kier alpha value is -2.40. The van der Waals surface area contributed by atoms with Crippen LogP contribution in [0.3, 0.4) is 0 Å². The molecule has 0 bridgehead atoms. The molecule has 0 saturated heterocycles. The van der Waals surface area contributed by atoms with E-state index in [1.807, 2.05) is 0 Å². The van der Waals surface area contributed by atoms with Crippen molar-refractivity contribution < 1.29 is 51.5 Å². The first kappa shape index (κ1) is 27.8. The van der Waals surface area contributed by atoms with Crippen molar-refractivity contribution >= 4 is 20.4 Å². The molecule has 3 aromatic rings. The SMILES string of the molecule is FC(F)(F)c1ccc(-c2ccc([SH2+])c(-c3ccc(C(F)(F)F)cc3)c2)cc1.F[P-](F)(F)(F)(F)F. The van der Waals surface area contributed by atoms with E-state index in [-0.39, 0.29) is 0 Å². The van der Waals surface area contributed by atoms with E-state index in [0.717, 1.165) is 24.3 Å². The van der Waals surface area contributed by atoms with E-state index in [4.69, 9.17) is 0 Å². The van der Waals surface area contributed by atoms with Crippen molar-refractivity contribution in [1.29, 1.82) is 0 Å². The summed E-state index contributed by atoms with van der Waals surface area (Å²) in [5.74, 6) is 0. The Morgan fingerprint density at radius 2 is 0.824 bits per heavy atom.